The third-order valence-electron chi connectivity index (χ3n) is 1.87. The highest BCUT2D eigenvalue weighted by atomic mass is 35.7. The predicted octanol–water partition coefficient (Wildman–Crippen LogP) is 2.75. The van der Waals surface area contributed by atoms with Crippen LogP contribution < -0.4 is 0 Å². The lowest BCUT2D eigenvalue weighted by Gasteiger charge is -1.99. The molecule has 6 heteroatoms. The molecule has 0 unspecified atom stereocenters. The molecule has 0 aliphatic heterocycles. The molecule has 74 valence electrons. The van der Waals surface area contributed by atoms with Crippen LogP contribution in [0.1, 0.15) is 0 Å². The fraction of sp³-hybridized carbons (Fsp3) is 0. The Morgan fingerprint density at radius 1 is 1.29 bits per heavy atom. The van der Waals surface area contributed by atoms with Crippen LogP contribution >= 0.6 is 22.3 Å². The molecule has 0 spiro atoms. The molecule has 0 fully saturated rings. The number of aromatic amines is 1. The number of hydrogen-bond acceptors (Lipinski definition) is 2. The normalized spacial score (nSPS) is 12.1. The Hall–Kier alpha value is -0.710. The third kappa shape index (κ3) is 1.61. The van der Waals surface area contributed by atoms with E-state index in [9.17, 15) is 8.42 Å². The van der Waals surface area contributed by atoms with Crippen molar-refractivity contribution in [2.24, 2.45) is 0 Å². The molecule has 0 bridgehead atoms. The second-order valence-electron chi connectivity index (χ2n) is 2.79. The van der Waals surface area contributed by atoms with Crippen LogP contribution in [-0.2, 0) is 9.05 Å². The Labute approximate surface area is 90.1 Å². The van der Waals surface area contributed by atoms with Gasteiger partial charge in [0, 0.05) is 27.8 Å². The van der Waals surface area contributed by atoms with E-state index in [0.717, 1.165) is 10.9 Å². The first-order valence-corrected chi connectivity index (χ1v) is 6.38. The zero-order valence-corrected chi connectivity index (χ0v) is 9.12. The number of H-pyrrole nitrogens is 1. The Morgan fingerprint density at radius 2 is 2.00 bits per heavy atom. The molecule has 3 nitrogen and oxygen atoms in total. The van der Waals surface area contributed by atoms with Crippen molar-refractivity contribution >= 4 is 42.2 Å². The number of nitrogens with one attached hydrogen (secondary N) is 1. The summed E-state index contributed by atoms with van der Waals surface area (Å²) in [7, 11) is 1.43. The van der Waals surface area contributed by atoms with Gasteiger partial charge in [0.2, 0.25) is 0 Å². The summed E-state index contributed by atoms with van der Waals surface area (Å²) in [6.45, 7) is 0. The third-order valence-corrected chi connectivity index (χ3v) is 3.66. The molecule has 1 heterocycles. The molecule has 0 radical (unpaired) electrons. The molecule has 0 saturated carbocycles. The summed E-state index contributed by atoms with van der Waals surface area (Å²) >= 11 is 5.76. The minimum atomic E-state index is -3.78. The van der Waals surface area contributed by atoms with Crippen LogP contribution in [0.3, 0.4) is 0 Å². The number of rotatable bonds is 1. The zero-order chi connectivity index (χ0) is 10.3. The molecule has 0 amide bonds. The molecular formula is C8H5Cl2NO2S. The molecule has 1 aromatic heterocycles. The number of aromatic nitrogens is 1. The van der Waals surface area contributed by atoms with Gasteiger partial charge in [-0.3, -0.25) is 0 Å². The van der Waals surface area contributed by atoms with Gasteiger partial charge in [-0.1, -0.05) is 11.6 Å². The Morgan fingerprint density at radius 3 is 2.64 bits per heavy atom. The highest BCUT2D eigenvalue weighted by Gasteiger charge is 2.15. The first-order valence-electron chi connectivity index (χ1n) is 3.70. The van der Waals surface area contributed by atoms with E-state index in [-0.39, 0.29) is 9.92 Å². The van der Waals surface area contributed by atoms with Crippen LogP contribution in [0.4, 0.5) is 0 Å². The summed E-state index contributed by atoms with van der Waals surface area (Å²) in [6, 6.07) is 4.72. The van der Waals surface area contributed by atoms with E-state index in [1.165, 1.54) is 12.1 Å². The molecule has 0 atom stereocenters. The van der Waals surface area contributed by atoms with Gasteiger partial charge in [0.05, 0.1) is 5.02 Å². The van der Waals surface area contributed by atoms with E-state index >= 15 is 0 Å². The maximum Gasteiger partial charge on any atom is 0.262 e. The van der Waals surface area contributed by atoms with Crippen molar-refractivity contribution in [3.63, 3.8) is 0 Å². The molecule has 2 rings (SSSR count). The Bertz CT molecular complexity index is 588. The van der Waals surface area contributed by atoms with E-state index in [2.05, 4.69) is 4.98 Å². The quantitative estimate of drug-likeness (QED) is 0.791. The lowest BCUT2D eigenvalue weighted by atomic mass is 10.2. The number of halogens is 2. The molecule has 0 aliphatic rings. The molecule has 14 heavy (non-hydrogen) atoms. The summed E-state index contributed by atoms with van der Waals surface area (Å²) < 4.78 is 22.2. The monoisotopic (exact) mass is 249 g/mol. The van der Waals surface area contributed by atoms with Gasteiger partial charge < -0.3 is 4.98 Å². The average molecular weight is 250 g/mol. The van der Waals surface area contributed by atoms with E-state index in [4.69, 9.17) is 22.3 Å². The topological polar surface area (TPSA) is 49.9 Å². The van der Waals surface area contributed by atoms with Crippen molar-refractivity contribution in [2.75, 3.05) is 0 Å². The van der Waals surface area contributed by atoms with Gasteiger partial charge in [-0.15, -0.1) is 0 Å². The minimum absolute atomic E-state index is 0.0621. The van der Waals surface area contributed by atoms with Gasteiger partial charge >= 0.3 is 0 Å². The van der Waals surface area contributed by atoms with Crippen molar-refractivity contribution in [3.8, 4) is 0 Å². The van der Waals surface area contributed by atoms with Crippen molar-refractivity contribution in [3.05, 3.63) is 29.4 Å². The van der Waals surface area contributed by atoms with Gasteiger partial charge in [0.25, 0.3) is 9.05 Å². The van der Waals surface area contributed by atoms with E-state index in [1.807, 2.05) is 0 Å². The Kier molecular flexibility index (Phi) is 2.21. The predicted molar refractivity (Wildman–Crippen MR) is 56.3 cm³/mol. The van der Waals surface area contributed by atoms with E-state index in [0.29, 0.717) is 0 Å². The SMILES string of the molecule is O=S(=O)(Cl)c1cc2cc[nH]c2cc1Cl. The second-order valence-corrected chi connectivity index (χ2v) is 5.73. The highest BCUT2D eigenvalue weighted by Crippen LogP contribution is 2.28. The summed E-state index contributed by atoms with van der Waals surface area (Å²) in [6.07, 6.45) is 1.70. The highest BCUT2D eigenvalue weighted by molar-refractivity contribution is 8.13. The van der Waals surface area contributed by atoms with Gasteiger partial charge in [-0.2, -0.15) is 0 Å². The molecule has 0 aliphatic carbocycles. The van der Waals surface area contributed by atoms with Gasteiger partial charge in [0.15, 0.2) is 0 Å². The van der Waals surface area contributed by atoms with Crippen molar-refractivity contribution in [2.45, 2.75) is 4.90 Å². The lowest BCUT2D eigenvalue weighted by Crippen LogP contribution is -1.91. The van der Waals surface area contributed by atoms with E-state index < -0.39 is 9.05 Å². The summed E-state index contributed by atoms with van der Waals surface area (Å²) in [5, 5.41) is 0.878. The van der Waals surface area contributed by atoms with Crippen LogP contribution in [0, 0.1) is 0 Å². The molecule has 1 aromatic carbocycles. The fourth-order valence-electron chi connectivity index (χ4n) is 1.24. The first kappa shape index (κ1) is 9.83. The zero-order valence-electron chi connectivity index (χ0n) is 6.79. The second kappa shape index (κ2) is 3.15. The molecule has 1 N–H and O–H groups in total. The summed E-state index contributed by atoms with van der Waals surface area (Å²) in [5.41, 5.74) is 0.777. The van der Waals surface area contributed by atoms with Crippen LogP contribution in [-0.4, -0.2) is 13.4 Å². The van der Waals surface area contributed by atoms with Crippen LogP contribution in [0.25, 0.3) is 10.9 Å². The molecule has 0 saturated heterocycles. The van der Waals surface area contributed by atoms with Gasteiger partial charge in [-0.05, 0) is 18.2 Å². The summed E-state index contributed by atoms with van der Waals surface area (Å²) in [5.74, 6) is 0. The molecule has 2 aromatic rings. The average Bonchev–Trinajstić information content (AvgIpc) is 2.47. The van der Waals surface area contributed by atoms with Crippen molar-refractivity contribution in [1.82, 2.24) is 4.98 Å². The van der Waals surface area contributed by atoms with Gasteiger partial charge in [-0.25, -0.2) is 8.42 Å². The largest absolute Gasteiger partial charge is 0.361 e. The first-order chi connectivity index (χ1) is 6.48. The van der Waals surface area contributed by atoms with Crippen LogP contribution in [0.5, 0.6) is 0 Å². The number of hydrogen-bond donors (Lipinski definition) is 1. The van der Waals surface area contributed by atoms with E-state index in [1.54, 1.807) is 12.3 Å². The number of benzene rings is 1. The lowest BCUT2D eigenvalue weighted by molar-refractivity contribution is 0.610. The standard InChI is InChI=1S/C8H5Cl2NO2S/c9-6-4-7-5(1-2-11-7)3-8(6)14(10,12)13/h1-4,11H. The minimum Gasteiger partial charge on any atom is -0.361 e. The number of fused-ring (bicyclic) bond motifs is 1. The smallest absolute Gasteiger partial charge is 0.262 e. The van der Waals surface area contributed by atoms with Gasteiger partial charge in [0.1, 0.15) is 4.90 Å². The maximum atomic E-state index is 11.1. The Balaban J connectivity index is 2.84. The van der Waals surface area contributed by atoms with Crippen molar-refractivity contribution < 1.29 is 8.42 Å². The molecular weight excluding hydrogens is 245 g/mol. The maximum absolute atomic E-state index is 11.1. The summed E-state index contributed by atoms with van der Waals surface area (Å²) in [4.78, 5) is 2.85. The van der Waals surface area contributed by atoms with Crippen LogP contribution in [0.15, 0.2) is 29.3 Å². The van der Waals surface area contributed by atoms with Crippen LogP contribution in [0.2, 0.25) is 5.02 Å². The van der Waals surface area contributed by atoms with Crippen molar-refractivity contribution in [1.29, 1.82) is 0 Å². The fourth-order valence-corrected chi connectivity index (χ4v) is 2.77.